The molecule has 0 saturated carbocycles. The Morgan fingerprint density at radius 3 is 2.50 bits per heavy atom. The largest absolute Gasteiger partial charge is 0.333 e. The minimum atomic E-state index is -2.52. The average molecular weight is 258 g/mol. The maximum atomic E-state index is 11.9. The standard InChI is InChI=1S/C5H5F2IN2/c1-3-2-4(8)9-10(3)5(6)7/h2,5H,1H3. The van der Waals surface area contributed by atoms with Crippen molar-refractivity contribution in [3.8, 4) is 0 Å². The topological polar surface area (TPSA) is 17.8 Å². The van der Waals surface area contributed by atoms with E-state index in [0.717, 1.165) is 0 Å². The van der Waals surface area contributed by atoms with E-state index in [9.17, 15) is 8.78 Å². The fourth-order valence-electron chi connectivity index (χ4n) is 0.647. The summed E-state index contributed by atoms with van der Waals surface area (Å²) in [4.78, 5) is 0. The molecule has 10 heavy (non-hydrogen) atoms. The van der Waals surface area contributed by atoms with Crippen LogP contribution in [0.1, 0.15) is 12.2 Å². The summed E-state index contributed by atoms with van der Waals surface area (Å²) >= 11 is 1.89. The van der Waals surface area contributed by atoms with Crippen molar-refractivity contribution in [3.05, 3.63) is 15.5 Å². The summed E-state index contributed by atoms with van der Waals surface area (Å²) < 4.78 is 25.2. The molecule has 0 aliphatic heterocycles. The third-order valence-electron chi connectivity index (χ3n) is 1.08. The first-order valence-corrected chi connectivity index (χ1v) is 3.69. The van der Waals surface area contributed by atoms with Gasteiger partial charge in [-0.1, -0.05) is 0 Å². The molecule has 0 N–H and O–H groups in total. The number of rotatable bonds is 1. The molecule has 0 saturated heterocycles. The molecule has 2 nitrogen and oxygen atoms in total. The quantitative estimate of drug-likeness (QED) is 0.706. The van der Waals surface area contributed by atoms with Crippen LogP contribution in [-0.4, -0.2) is 9.78 Å². The first kappa shape index (κ1) is 7.90. The summed E-state index contributed by atoms with van der Waals surface area (Å²) in [6, 6.07) is 1.60. The van der Waals surface area contributed by atoms with E-state index in [1.54, 1.807) is 13.0 Å². The van der Waals surface area contributed by atoms with E-state index in [1.165, 1.54) is 0 Å². The summed E-state index contributed by atoms with van der Waals surface area (Å²) in [6.07, 6.45) is 0. The third kappa shape index (κ3) is 1.44. The van der Waals surface area contributed by atoms with Gasteiger partial charge < -0.3 is 0 Å². The van der Waals surface area contributed by atoms with Crippen molar-refractivity contribution in [1.82, 2.24) is 9.78 Å². The predicted molar refractivity (Wildman–Crippen MR) is 40.9 cm³/mol. The summed E-state index contributed by atoms with van der Waals surface area (Å²) in [5.41, 5.74) is 0.486. The van der Waals surface area contributed by atoms with Gasteiger partial charge in [0.1, 0.15) is 3.70 Å². The Hall–Kier alpha value is -0.200. The molecule has 5 heteroatoms. The lowest BCUT2D eigenvalue weighted by molar-refractivity contribution is 0.0541. The van der Waals surface area contributed by atoms with Crippen molar-refractivity contribution in [2.75, 3.05) is 0 Å². The van der Waals surface area contributed by atoms with Gasteiger partial charge in [0.2, 0.25) is 0 Å². The lowest BCUT2D eigenvalue weighted by Crippen LogP contribution is -2.01. The van der Waals surface area contributed by atoms with Gasteiger partial charge in [-0.15, -0.1) is 0 Å². The number of nitrogens with zero attached hydrogens (tertiary/aromatic N) is 2. The van der Waals surface area contributed by atoms with Crippen LogP contribution in [0.4, 0.5) is 8.78 Å². The zero-order chi connectivity index (χ0) is 7.72. The van der Waals surface area contributed by atoms with Crippen molar-refractivity contribution in [1.29, 1.82) is 0 Å². The van der Waals surface area contributed by atoms with E-state index in [0.29, 0.717) is 14.1 Å². The number of hydrogen-bond acceptors (Lipinski definition) is 1. The number of aryl methyl sites for hydroxylation is 1. The Balaban J connectivity index is 3.03. The first-order chi connectivity index (χ1) is 4.61. The van der Waals surface area contributed by atoms with E-state index in [1.807, 2.05) is 22.6 Å². The summed E-state index contributed by atoms with van der Waals surface area (Å²) in [7, 11) is 0. The molecule has 0 fully saturated rings. The predicted octanol–water partition coefficient (Wildman–Crippen LogP) is 2.19. The maximum Gasteiger partial charge on any atom is 0.333 e. The third-order valence-corrected chi connectivity index (χ3v) is 1.60. The molecular weight excluding hydrogens is 253 g/mol. The number of hydrogen-bond donors (Lipinski definition) is 0. The van der Waals surface area contributed by atoms with Crippen LogP contribution in [-0.2, 0) is 0 Å². The van der Waals surface area contributed by atoms with Gasteiger partial charge >= 0.3 is 6.55 Å². The molecule has 1 aromatic rings. The zero-order valence-electron chi connectivity index (χ0n) is 5.18. The molecule has 0 unspecified atom stereocenters. The van der Waals surface area contributed by atoms with E-state index in [-0.39, 0.29) is 0 Å². The summed E-state index contributed by atoms with van der Waals surface area (Å²) in [5, 5.41) is 3.56. The van der Waals surface area contributed by atoms with Crippen molar-refractivity contribution < 1.29 is 8.78 Å². The second kappa shape index (κ2) is 2.81. The van der Waals surface area contributed by atoms with E-state index in [2.05, 4.69) is 5.10 Å². The molecule has 0 atom stereocenters. The van der Waals surface area contributed by atoms with Crippen LogP contribution >= 0.6 is 22.6 Å². The molecule has 0 spiro atoms. The van der Waals surface area contributed by atoms with E-state index >= 15 is 0 Å². The Morgan fingerprint density at radius 2 is 2.30 bits per heavy atom. The van der Waals surface area contributed by atoms with Crippen molar-refractivity contribution in [2.24, 2.45) is 0 Å². The Kier molecular flexibility index (Phi) is 2.22. The fourth-order valence-corrected chi connectivity index (χ4v) is 1.33. The molecule has 56 valence electrons. The van der Waals surface area contributed by atoms with Gasteiger partial charge in [0.05, 0.1) is 0 Å². The van der Waals surface area contributed by atoms with Gasteiger partial charge in [0, 0.05) is 5.69 Å². The molecular formula is C5H5F2IN2. The van der Waals surface area contributed by atoms with Crippen molar-refractivity contribution >= 4 is 22.6 Å². The van der Waals surface area contributed by atoms with Crippen LogP contribution < -0.4 is 0 Å². The SMILES string of the molecule is Cc1cc(I)nn1C(F)F. The molecule has 0 amide bonds. The van der Waals surface area contributed by atoms with Crippen LogP contribution in [0.25, 0.3) is 0 Å². The highest BCUT2D eigenvalue weighted by Crippen LogP contribution is 2.14. The van der Waals surface area contributed by atoms with Gasteiger partial charge in [0.15, 0.2) is 0 Å². The summed E-state index contributed by atoms with van der Waals surface area (Å²) in [5.74, 6) is 0. The first-order valence-electron chi connectivity index (χ1n) is 2.61. The Labute approximate surface area is 70.4 Å². The van der Waals surface area contributed by atoms with Crippen LogP contribution in [0.3, 0.4) is 0 Å². The number of alkyl halides is 2. The van der Waals surface area contributed by atoms with E-state index < -0.39 is 6.55 Å². The Morgan fingerprint density at radius 1 is 1.70 bits per heavy atom. The zero-order valence-corrected chi connectivity index (χ0v) is 7.34. The van der Waals surface area contributed by atoms with Gasteiger partial charge in [-0.2, -0.15) is 13.9 Å². The van der Waals surface area contributed by atoms with Gasteiger partial charge in [0.25, 0.3) is 0 Å². The van der Waals surface area contributed by atoms with Crippen LogP contribution in [0.2, 0.25) is 0 Å². The number of aromatic nitrogens is 2. The van der Waals surface area contributed by atoms with Crippen LogP contribution in [0.5, 0.6) is 0 Å². The lowest BCUT2D eigenvalue weighted by atomic mass is 10.5. The molecule has 1 heterocycles. The highest BCUT2D eigenvalue weighted by atomic mass is 127. The molecule has 0 radical (unpaired) electrons. The highest BCUT2D eigenvalue weighted by molar-refractivity contribution is 14.1. The molecule has 0 aliphatic rings. The Bertz CT molecular complexity index is 234. The average Bonchev–Trinajstić information content (AvgIpc) is 2.10. The highest BCUT2D eigenvalue weighted by Gasteiger charge is 2.09. The fraction of sp³-hybridized carbons (Fsp3) is 0.400. The van der Waals surface area contributed by atoms with Crippen molar-refractivity contribution in [3.63, 3.8) is 0 Å². The van der Waals surface area contributed by atoms with Crippen LogP contribution in [0, 0.1) is 10.6 Å². The lowest BCUT2D eigenvalue weighted by Gasteiger charge is -1.98. The second-order valence-electron chi connectivity index (χ2n) is 1.83. The molecule has 0 aromatic carbocycles. The van der Waals surface area contributed by atoms with Gasteiger partial charge in [-0.25, -0.2) is 4.68 Å². The second-order valence-corrected chi connectivity index (χ2v) is 2.94. The van der Waals surface area contributed by atoms with Gasteiger partial charge in [-0.3, -0.25) is 0 Å². The van der Waals surface area contributed by atoms with Crippen molar-refractivity contribution in [2.45, 2.75) is 13.5 Å². The van der Waals surface area contributed by atoms with Gasteiger partial charge in [-0.05, 0) is 35.6 Å². The molecule has 0 aliphatic carbocycles. The molecule has 1 rings (SSSR count). The maximum absolute atomic E-state index is 11.9. The molecule has 0 bridgehead atoms. The van der Waals surface area contributed by atoms with E-state index in [4.69, 9.17) is 0 Å². The monoisotopic (exact) mass is 258 g/mol. The minimum absolute atomic E-state index is 0.486. The minimum Gasteiger partial charge on any atom is -0.208 e. The smallest absolute Gasteiger partial charge is 0.208 e. The summed E-state index contributed by atoms with van der Waals surface area (Å²) in [6.45, 7) is -0.926. The number of halogens is 3. The molecule has 1 aromatic heterocycles. The normalized spacial score (nSPS) is 10.9. The van der Waals surface area contributed by atoms with Crippen LogP contribution in [0.15, 0.2) is 6.07 Å².